The Bertz CT molecular complexity index is 1730. The summed E-state index contributed by atoms with van der Waals surface area (Å²) in [6, 6.07) is 26.7. The molecule has 0 saturated carbocycles. The molecule has 2 atom stereocenters. The van der Waals surface area contributed by atoms with E-state index in [1.807, 2.05) is 82.3 Å². The molecule has 0 heterocycles. The molecule has 0 aliphatic carbocycles. The molecule has 0 fully saturated rings. The van der Waals surface area contributed by atoms with Crippen LogP contribution < -0.4 is 14.4 Å². The van der Waals surface area contributed by atoms with Crippen LogP contribution in [0.25, 0.3) is 0 Å². The van der Waals surface area contributed by atoms with Gasteiger partial charge in [0.25, 0.3) is 10.0 Å². The van der Waals surface area contributed by atoms with Gasteiger partial charge in [-0.2, -0.15) is 0 Å². The average molecular weight is 660 g/mol. The minimum Gasteiger partial charge on any atom is -0.494 e. The van der Waals surface area contributed by atoms with E-state index < -0.39 is 34.3 Å². The van der Waals surface area contributed by atoms with Gasteiger partial charge in [-0.05, 0) is 92.4 Å². The zero-order chi connectivity index (χ0) is 34.0. The van der Waals surface area contributed by atoms with Crippen molar-refractivity contribution in [1.29, 1.82) is 0 Å². The van der Waals surface area contributed by atoms with E-state index >= 15 is 0 Å². The zero-order valence-corrected chi connectivity index (χ0v) is 28.0. The number of aryl methyl sites for hydroxylation is 1. The molecule has 0 bridgehead atoms. The smallest absolute Gasteiger partial charge is 0.264 e. The van der Waals surface area contributed by atoms with Crippen molar-refractivity contribution in [3.63, 3.8) is 0 Å². The number of amides is 2. The fourth-order valence-electron chi connectivity index (χ4n) is 5.10. The molecule has 4 aromatic carbocycles. The molecule has 0 spiro atoms. The van der Waals surface area contributed by atoms with E-state index in [0.29, 0.717) is 18.8 Å². The van der Waals surface area contributed by atoms with Crippen LogP contribution in [-0.2, 0) is 32.6 Å². The third kappa shape index (κ3) is 9.19. The van der Waals surface area contributed by atoms with Gasteiger partial charge in [-0.25, -0.2) is 12.8 Å². The molecule has 0 radical (unpaired) electrons. The van der Waals surface area contributed by atoms with E-state index in [2.05, 4.69) is 5.32 Å². The summed E-state index contributed by atoms with van der Waals surface area (Å²) in [5.41, 5.74) is 2.69. The summed E-state index contributed by atoms with van der Waals surface area (Å²) in [7, 11) is -4.33. The van der Waals surface area contributed by atoms with Crippen LogP contribution in [0.4, 0.5) is 10.1 Å². The van der Waals surface area contributed by atoms with Gasteiger partial charge in [0.15, 0.2) is 0 Å². The summed E-state index contributed by atoms with van der Waals surface area (Å²) in [6.07, 6.45) is 0.900. The fraction of sp³-hybridized carbons (Fsp3) is 0.297. The standard InChI is InChI=1S/C37H42FN3O5S/c1-5-28(4)39-37(43)35(24-29-13-8-7-9-14-29)40(25-30-15-11-10-12-27(30)3)36(42)26-41(32-18-16-31(38)17-19-32)47(44,45)34-22-20-33(21-23-34)46-6-2/h7-23,28,35H,5-6,24-26H2,1-4H3,(H,39,43). The number of benzene rings is 4. The number of sulfonamides is 1. The predicted molar refractivity (Wildman–Crippen MR) is 182 cm³/mol. The first kappa shape index (κ1) is 35.2. The largest absolute Gasteiger partial charge is 0.494 e. The SMILES string of the molecule is CCOc1ccc(S(=O)(=O)N(CC(=O)N(Cc2ccccc2C)C(Cc2ccccc2)C(=O)NC(C)CC)c2ccc(F)cc2)cc1. The van der Waals surface area contributed by atoms with Gasteiger partial charge in [-0.15, -0.1) is 0 Å². The molecule has 10 heteroatoms. The molecule has 2 amide bonds. The highest BCUT2D eigenvalue weighted by atomic mass is 32.2. The number of rotatable bonds is 15. The summed E-state index contributed by atoms with van der Waals surface area (Å²) in [4.78, 5) is 29.9. The Labute approximate surface area is 277 Å². The van der Waals surface area contributed by atoms with Crippen molar-refractivity contribution in [1.82, 2.24) is 10.2 Å². The maximum atomic E-state index is 14.6. The molecule has 4 rings (SSSR count). The molecule has 0 saturated heterocycles. The van der Waals surface area contributed by atoms with Crippen LogP contribution in [0.5, 0.6) is 5.75 Å². The Morgan fingerprint density at radius 1 is 0.872 bits per heavy atom. The first-order valence-electron chi connectivity index (χ1n) is 15.7. The number of ether oxygens (including phenoxy) is 1. The normalized spacial score (nSPS) is 12.5. The summed E-state index contributed by atoms with van der Waals surface area (Å²) in [6.45, 7) is 7.44. The Morgan fingerprint density at radius 2 is 1.51 bits per heavy atom. The van der Waals surface area contributed by atoms with Gasteiger partial charge in [0.1, 0.15) is 24.2 Å². The molecule has 2 unspecified atom stereocenters. The predicted octanol–water partition coefficient (Wildman–Crippen LogP) is 6.28. The number of carbonyl (C=O) groups excluding carboxylic acids is 2. The molecular weight excluding hydrogens is 617 g/mol. The van der Waals surface area contributed by atoms with Crippen LogP contribution in [0.2, 0.25) is 0 Å². The van der Waals surface area contributed by atoms with Crippen LogP contribution in [0.1, 0.15) is 43.9 Å². The minimum atomic E-state index is -4.33. The van der Waals surface area contributed by atoms with Gasteiger partial charge >= 0.3 is 0 Å². The molecule has 0 aliphatic rings. The second kappa shape index (κ2) is 16.2. The van der Waals surface area contributed by atoms with Crippen molar-refractivity contribution >= 4 is 27.5 Å². The lowest BCUT2D eigenvalue weighted by Crippen LogP contribution is -2.54. The molecule has 1 N–H and O–H groups in total. The van der Waals surface area contributed by atoms with Gasteiger partial charge in [-0.3, -0.25) is 13.9 Å². The number of hydrogen-bond acceptors (Lipinski definition) is 5. The zero-order valence-electron chi connectivity index (χ0n) is 27.2. The highest BCUT2D eigenvalue weighted by Crippen LogP contribution is 2.27. The topological polar surface area (TPSA) is 96.0 Å². The first-order chi connectivity index (χ1) is 22.5. The Balaban J connectivity index is 1.80. The second-order valence-electron chi connectivity index (χ2n) is 11.4. The fourth-order valence-corrected chi connectivity index (χ4v) is 6.52. The number of anilines is 1. The van der Waals surface area contributed by atoms with Crippen molar-refractivity contribution < 1.29 is 27.1 Å². The number of halogens is 1. The van der Waals surface area contributed by atoms with Crippen molar-refractivity contribution in [2.45, 2.75) is 64.1 Å². The van der Waals surface area contributed by atoms with Crippen molar-refractivity contribution in [3.05, 3.63) is 126 Å². The third-order valence-corrected chi connectivity index (χ3v) is 9.78. The number of nitrogens with zero attached hydrogens (tertiary/aromatic N) is 2. The van der Waals surface area contributed by atoms with Crippen LogP contribution >= 0.6 is 0 Å². The summed E-state index contributed by atoms with van der Waals surface area (Å²) in [5, 5.41) is 3.03. The van der Waals surface area contributed by atoms with Gasteiger partial charge < -0.3 is 15.0 Å². The van der Waals surface area contributed by atoms with Gasteiger partial charge in [-0.1, -0.05) is 61.5 Å². The van der Waals surface area contributed by atoms with Crippen LogP contribution in [-0.4, -0.2) is 50.4 Å². The maximum absolute atomic E-state index is 14.6. The Morgan fingerprint density at radius 3 is 2.13 bits per heavy atom. The third-order valence-electron chi connectivity index (χ3n) is 7.99. The maximum Gasteiger partial charge on any atom is 0.264 e. The van der Waals surface area contributed by atoms with Crippen molar-refractivity contribution in [2.24, 2.45) is 0 Å². The van der Waals surface area contributed by atoms with E-state index in [0.717, 1.165) is 33.1 Å². The van der Waals surface area contributed by atoms with Gasteiger partial charge in [0.2, 0.25) is 11.8 Å². The lowest BCUT2D eigenvalue weighted by molar-refractivity contribution is -0.140. The molecule has 4 aromatic rings. The summed E-state index contributed by atoms with van der Waals surface area (Å²) in [5.74, 6) is -0.985. The van der Waals surface area contributed by atoms with E-state index in [1.165, 1.54) is 29.2 Å². The van der Waals surface area contributed by atoms with E-state index in [4.69, 9.17) is 4.74 Å². The summed E-state index contributed by atoms with van der Waals surface area (Å²) >= 11 is 0. The minimum absolute atomic E-state index is 0.0668. The van der Waals surface area contributed by atoms with E-state index in [9.17, 15) is 22.4 Å². The van der Waals surface area contributed by atoms with Crippen LogP contribution in [0, 0.1) is 12.7 Å². The monoisotopic (exact) mass is 659 g/mol. The Kier molecular flexibility index (Phi) is 12.1. The quantitative estimate of drug-likeness (QED) is 0.162. The first-order valence-corrected chi connectivity index (χ1v) is 17.2. The van der Waals surface area contributed by atoms with Gasteiger partial charge in [0.05, 0.1) is 17.2 Å². The Hall–Kier alpha value is -4.70. The summed E-state index contributed by atoms with van der Waals surface area (Å²) < 4.78 is 48.8. The number of hydrogen-bond donors (Lipinski definition) is 1. The molecule has 8 nitrogen and oxygen atoms in total. The molecular formula is C37H42FN3O5S. The molecule has 0 aliphatic heterocycles. The highest BCUT2D eigenvalue weighted by molar-refractivity contribution is 7.92. The lowest BCUT2D eigenvalue weighted by Gasteiger charge is -2.34. The number of nitrogens with one attached hydrogen (secondary N) is 1. The number of carbonyl (C=O) groups is 2. The molecule has 47 heavy (non-hydrogen) atoms. The van der Waals surface area contributed by atoms with Crippen LogP contribution in [0.3, 0.4) is 0 Å². The highest BCUT2D eigenvalue weighted by Gasteiger charge is 2.35. The van der Waals surface area contributed by atoms with Crippen molar-refractivity contribution in [3.8, 4) is 5.75 Å². The molecule has 248 valence electrons. The van der Waals surface area contributed by atoms with E-state index in [1.54, 1.807) is 12.1 Å². The lowest BCUT2D eigenvalue weighted by atomic mass is 10.0. The molecule has 0 aromatic heterocycles. The van der Waals surface area contributed by atoms with E-state index in [-0.39, 0.29) is 35.5 Å². The van der Waals surface area contributed by atoms with Gasteiger partial charge in [0, 0.05) is 19.0 Å². The second-order valence-corrected chi connectivity index (χ2v) is 13.2. The van der Waals surface area contributed by atoms with Crippen LogP contribution in [0.15, 0.2) is 108 Å². The van der Waals surface area contributed by atoms with Crippen molar-refractivity contribution in [2.75, 3.05) is 17.5 Å². The average Bonchev–Trinajstić information content (AvgIpc) is 3.07.